The fourth-order valence-corrected chi connectivity index (χ4v) is 5.01. The van der Waals surface area contributed by atoms with Gasteiger partial charge in [-0.1, -0.05) is 90.1 Å². The normalized spacial score (nSPS) is 13.1. The van der Waals surface area contributed by atoms with Gasteiger partial charge in [-0.3, -0.25) is 0 Å². The van der Waals surface area contributed by atoms with Crippen molar-refractivity contribution in [2.24, 2.45) is 0 Å². The zero-order chi connectivity index (χ0) is 40.0. The van der Waals surface area contributed by atoms with Gasteiger partial charge in [-0.2, -0.15) is 0 Å². The molecule has 2 aromatic carbocycles. The van der Waals surface area contributed by atoms with Crippen molar-refractivity contribution in [3.8, 4) is 0 Å². The molecule has 0 saturated heterocycles. The Morgan fingerprint density at radius 2 is 0.607 bits per heavy atom. The van der Waals surface area contributed by atoms with Crippen molar-refractivity contribution < 1.29 is 52.1 Å². The Balaban J connectivity index is 0.0000157. The molecule has 12 heteroatoms. The first-order valence-electron chi connectivity index (χ1n) is 20.1. The Morgan fingerprint density at radius 1 is 0.357 bits per heavy atom. The molecule has 0 aliphatic rings. The molecule has 318 valence electrons. The molecule has 0 aliphatic carbocycles. The first kappa shape index (κ1) is 53.7. The molecule has 0 saturated carbocycles. The topological polar surface area (TPSA) is 102 Å². The SMILES string of the molecule is CC(COCC(C)OCCOCCOCCOCCOCc1ccc(C(C)(C)C)cc1)OCCOCCOCCOCCOCc1ccc(C(C)(C)C)cc1.[KH]. The van der Waals surface area contributed by atoms with Crippen LogP contribution in [0.25, 0.3) is 0 Å². The van der Waals surface area contributed by atoms with E-state index in [1.807, 2.05) is 13.8 Å². The van der Waals surface area contributed by atoms with Crippen LogP contribution in [0.5, 0.6) is 0 Å². The second-order valence-electron chi connectivity index (χ2n) is 15.6. The summed E-state index contributed by atoms with van der Waals surface area (Å²) in [6.07, 6.45) is -0.0717. The second-order valence-corrected chi connectivity index (χ2v) is 15.6. The quantitative estimate of drug-likeness (QED) is 0.0589. The third kappa shape index (κ3) is 29.0. The van der Waals surface area contributed by atoms with E-state index >= 15 is 0 Å². The third-order valence-electron chi connectivity index (χ3n) is 8.37. The molecule has 0 aliphatic heterocycles. The second kappa shape index (κ2) is 33.4. The van der Waals surface area contributed by atoms with Crippen molar-refractivity contribution in [1.82, 2.24) is 0 Å². The van der Waals surface area contributed by atoms with Crippen LogP contribution in [-0.2, 0) is 76.1 Å². The van der Waals surface area contributed by atoms with Gasteiger partial charge in [-0.05, 0) is 46.9 Å². The summed E-state index contributed by atoms with van der Waals surface area (Å²) in [5.41, 5.74) is 5.31. The Morgan fingerprint density at radius 3 is 0.875 bits per heavy atom. The Kier molecular flexibility index (Phi) is 32.0. The average Bonchev–Trinajstić information content (AvgIpc) is 3.14. The molecule has 0 radical (unpaired) electrons. The summed E-state index contributed by atoms with van der Waals surface area (Å²) in [6, 6.07) is 17.2. The van der Waals surface area contributed by atoms with Gasteiger partial charge in [0.15, 0.2) is 0 Å². The fraction of sp³-hybridized carbons (Fsp3) is 0.727. The summed E-state index contributed by atoms with van der Waals surface area (Å²) in [6.45, 7) is 27.8. The molecule has 0 bridgehead atoms. The molecule has 0 N–H and O–H groups in total. The maximum atomic E-state index is 5.76. The summed E-state index contributed by atoms with van der Waals surface area (Å²) >= 11 is 0. The molecule has 0 aromatic heterocycles. The summed E-state index contributed by atoms with van der Waals surface area (Å²) < 4.78 is 62.1. The number of benzene rings is 2. The molecular formula is C44H75KO11. The molecule has 0 spiro atoms. The van der Waals surface area contributed by atoms with E-state index in [0.29, 0.717) is 132 Å². The van der Waals surface area contributed by atoms with Crippen LogP contribution in [0.15, 0.2) is 48.5 Å². The van der Waals surface area contributed by atoms with Gasteiger partial charge in [0.25, 0.3) is 0 Å². The van der Waals surface area contributed by atoms with Gasteiger partial charge in [-0.15, -0.1) is 0 Å². The van der Waals surface area contributed by atoms with Crippen molar-refractivity contribution >= 4 is 51.4 Å². The van der Waals surface area contributed by atoms with Crippen molar-refractivity contribution in [2.45, 2.75) is 91.6 Å². The van der Waals surface area contributed by atoms with Gasteiger partial charge in [0, 0.05) is 0 Å². The maximum absolute atomic E-state index is 5.76. The number of ether oxygens (including phenoxy) is 11. The predicted octanol–water partition coefficient (Wildman–Crippen LogP) is 6.29. The summed E-state index contributed by atoms with van der Waals surface area (Å²) in [4.78, 5) is 0. The first-order valence-corrected chi connectivity index (χ1v) is 20.1. The molecule has 2 unspecified atom stereocenters. The average molecular weight is 819 g/mol. The molecule has 2 atom stereocenters. The first-order chi connectivity index (χ1) is 26.4. The van der Waals surface area contributed by atoms with Crippen LogP contribution < -0.4 is 0 Å². The van der Waals surface area contributed by atoms with E-state index in [9.17, 15) is 0 Å². The van der Waals surface area contributed by atoms with E-state index in [1.165, 1.54) is 22.3 Å². The van der Waals surface area contributed by atoms with E-state index in [4.69, 9.17) is 52.1 Å². The molecule has 2 aromatic rings. The van der Waals surface area contributed by atoms with Crippen LogP contribution >= 0.6 is 0 Å². The van der Waals surface area contributed by atoms with Gasteiger partial charge in [-0.25, -0.2) is 0 Å². The van der Waals surface area contributed by atoms with Crippen LogP contribution in [0.2, 0.25) is 0 Å². The Hall–Kier alpha value is -0.364. The molecule has 0 amide bonds. The van der Waals surface area contributed by atoms with Gasteiger partial charge < -0.3 is 52.1 Å². The van der Waals surface area contributed by atoms with E-state index in [1.54, 1.807) is 0 Å². The van der Waals surface area contributed by atoms with Crippen LogP contribution in [0, 0.1) is 0 Å². The van der Waals surface area contributed by atoms with Crippen LogP contribution in [0.3, 0.4) is 0 Å². The van der Waals surface area contributed by atoms with Crippen LogP contribution in [0.4, 0.5) is 0 Å². The van der Waals surface area contributed by atoms with Gasteiger partial charge >= 0.3 is 51.4 Å². The summed E-state index contributed by atoms with van der Waals surface area (Å²) in [5, 5.41) is 0. The molecule has 11 nitrogen and oxygen atoms in total. The van der Waals surface area contributed by atoms with E-state index < -0.39 is 0 Å². The summed E-state index contributed by atoms with van der Waals surface area (Å²) in [5.74, 6) is 0. The van der Waals surface area contributed by atoms with Crippen LogP contribution in [0.1, 0.15) is 77.6 Å². The van der Waals surface area contributed by atoms with Gasteiger partial charge in [0.2, 0.25) is 0 Å². The van der Waals surface area contributed by atoms with Crippen LogP contribution in [-0.4, -0.2) is 183 Å². The summed E-state index contributed by atoms with van der Waals surface area (Å²) in [7, 11) is 0. The zero-order valence-corrected chi connectivity index (χ0v) is 35.4. The number of rotatable bonds is 34. The zero-order valence-electron chi connectivity index (χ0n) is 35.4. The number of hydrogen-bond acceptors (Lipinski definition) is 11. The minimum atomic E-state index is -0.0358. The predicted molar refractivity (Wildman–Crippen MR) is 223 cm³/mol. The number of hydrogen-bond donors (Lipinski definition) is 0. The fourth-order valence-electron chi connectivity index (χ4n) is 5.01. The van der Waals surface area contributed by atoms with E-state index in [-0.39, 0.29) is 74.4 Å². The van der Waals surface area contributed by atoms with Crippen molar-refractivity contribution in [1.29, 1.82) is 0 Å². The van der Waals surface area contributed by atoms with Crippen molar-refractivity contribution in [3.05, 3.63) is 70.8 Å². The molecular weight excluding hydrogens is 744 g/mol. The van der Waals surface area contributed by atoms with E-state index in [0.717, 1.165) is 0 Å². The van der Waals surface area contributed by atoms with Crippen molar-refractivity contribution in [2.75, 3.05) is 119 Å². The van der Waals surface area contributed by atoms with Crippen molar-refractivity contribution in [3.63, 3.8) is 0 Å². The Labute approximate surface area is 381 Å². The molecule has 0 fully saturated rings. The molecule has 2 rings (SSSR count). The third-order valence-corrected chi connectivity index (χ3v) is 8.37. The molecule has 56 heavy (non-hydrogen) atoms. The van der Waals surface area contributed by atoms with E-state index in [2.05, 4.69) is 90.1 Å². The van der Waals surface area contributed by atoms with Gasteiger partial charge in [0.1, 0.15) is 0 Å². The monoisotopic (exact) mass is 818 g/mol. The van der Waals surface area contributed by atoms with Gasteiger partial charge in [0.05, 0.1) is 144 Å². The molecule has 0 heterocycles. The standard InChI is InChI=1S/C44H74O11.K.H/c1-37(54-31-29-49-23-21-45-17-19-47-25-27-51-35-39-9-13-41(14-10-39)43(3,4)5)33-53-34-38(2)55-32-30-50-24-22-46-18-20-48-26-28-52-36-40-11-15-42(16-12-40)44(6,7)8;;/h9-16,37-38H,17-36H2,1-8H3;;. The minimum absolute atomic E-state index is 0. The Bertz CT molecular complexity index is 1080.